The third-order valence-corrected chi connectivity index (χ3v) is 5.16. The fourth-order valence-electron chi connectivity index (χ4n) is 3.46. The number of benzene rings is 1. The van der Waals surface area contributed by atoms with Gasteiger partial charge in [0.15, 0.2) is 23.0 Å². The number of aromatic nitrogens is 2. The molecule has 3 aromatic rings. The van der Waals surface area contributed by atoms with Crippen LogP contribution in [0.15, 0.2) is 45.6 Å². The minimum Gasteiger partial charge on any atom is -0.493 e. The maximum absolute atomic E-state index is 13.0. The van der Waals surface area contributed by atoms with E-state index < -0.39 is 5.63 Å². The zero-order valence-corrected chi connectivity index (χ0v) is 17.2. The molecule has 30 heavy (non-hydrogen) atoms. The highest BCUT2D eigenvalue weighted by Gasteiger charge is 2.26. The normalized spacial score (nSPS) is 14.1. The lowest BCUT2D eigenvalue weighted by atomic mass is 10.1. The van der Waals surface area contributed by atoms with Gasteiger partial charge in [-0.3, -0.25) is 4.79 Å². The number of hydrogen-bond donors (Lipinski definition) is 0. The summed E-state index contributed by atoms with van der Waals surface area (Å²) in [7, 11) is 5.33. The van der Waals surface area contributed by atoms with Gasteiger partial charge in [-0.1, -0.05) is 12.1 Å². The molecule has 0 spiro atoms. The van der Waals surface area contributed by atoms with E-state index in [0.717, 1.165) is 11.6 Å². The molecule has 0 aliphatic carbocycles. The Labute approximate surface area is 173 Å². The molecule has 9 nitrogen and oxygen atoms in total. The Hall–Kier alpha value is -3.62. The predicted molar refractivity (Wildman–Crippen MR) is 114 cm³/mol. The van der Waals surface area contributed by atoms with Crippen molar-refractivity contribution in [3.63, 3.8) is 0 Å². The molecule has 1 aliphatic rings. The van der Waals surface area contributed by atoms with E-state index in [1.807, 2.05) is 31.1 Å². The predicted octanol–water partition coefficient (Wildman–Crippen LogP) is 1.62. The highest BCUT2D eigenvalue weighted by molar-refractivity contribution is 5.97. The number of carbonyl (C=O) groups excluding carboxylic acids is 1. The third-order valence-electron chi connectivity index (χ3n) is 5.16. The number of para-hydroxylation sites is 1. The van der Waals surface area contributed by atoms with Crippen LogP contribution in [0.4, 0.5) is 11.6 Å². The van der Waals surface area contributed by atoms with Crippen LogP contribution in [0.3, 0.4) is 0 Å². The first-order valence-electron chi connectivity index (χ1n) is 9.64. The summed E-state index contributed by atoms with van der Waals surface area (Å²) < 4.78 is 10.6. The van der Waals surface area contributed by atoms with Crippen LogP contribution in [0.5, 0.6) is 5.75 Å². The van der Waals surface area contributed by atoms with Gasteiger partial charge in [0.25, 0.3) is 5.91 Å². The molecule has 0 bridgehead atoms. The van der Waals surface area contributed by atoms with Crippen molar-refractivity contribution >= 4 is 28.5 Å². The van der Waals surface area contributed by atoms with Gasteiger partial charge in [-0.15, -0.1) is 10.2 Å². The van der Waals surface area contributed by atoms with Crippen molar-refractivity contribution in [3.8, 4) is 5.75 Å². The summed E-state index contributed by atoms with van der Waals surface area (Å²) in [6.07, 6.45) is 0. The SMILES string of the molecule is COc1cccc2cc(C(=O)N3CCN(c4ccc(N(C)C)nn4)CC3)c(=O)oc12. The van der Waals surface area contributed by atoms with Gasteiger partial charge in [-0.25, -0.2) is 4.79 Å². The molecule has 1 saturated heterocycles. The lowest BCUT2D eigenvalue weighted by Crippen LogP contribution is -2.49. The summed E-state index contributed by atoms with van der Waals surface area (Å²) in [5.74, 6) is 1.68. The van der Waals surface area contributed by atoms with Crippen LogP contribution in [-0.2, 0) is 0 Å². The molecule has 1 aromatic carbocycles. The van der Waals surface area contributed by atoms with E-state index in [9.17, 15) is 9.59 Å². The fourth-order valence-corrected chi connectivity index (χ4v) is 3.46. The third kappa shape index (κ3) is 3.66. The number of piperazine rings is 1. The number of anilines is 2. The van der Waals surface area contributed by atoms with Crippen molar-refractivity contribution in [2.24, 2.45) is 0 Å². The van der Waals surface area contributed by atoms with Crippen molar-refractivity contribution < 1.29 is 13.9 Å². The molecule has 0 N–H and O–H groups in total. The molecule has 1 aliphatic heterocycles. The lowest BCUT2D eigenvalue weighted by Gasteiger charge is -2.35. The molecular formula is C21H23N5O4. The number of rotatable bonds is 4. The number of carbonyl (C=O) groups is 1. The summed E-state index contributed by atoms with van der Waals surface area (Å²) in [5.41, 5.74) is -0.296. The Bertz CT molecular complexity index is 1120. The Balaban J connectivity index is 1.49. The summed E-state index contributed by atoms with van der Waals surface area (Å²) in [4.78, 5) is 31.0. The maximum atomic E-state index is 13.0. The largest absolute Gasteiger partial charge is 0.493 e. The van der Waals surface area contributed by atoms with Crippen LogP contribution in [0.1, 0.15) is 10.4 Å². The van der Waals surface area contributed by atoms with E-state index in [4.69, 9.17) is 9.15 Å². The first kappa shape index (κ1) is 19.7. The minimum atomic E-state index is -0.662. The molecule has 2 aromatic heterocycles. The van der Waals surface area contributed by atoms with Gasteiger partial charge in [-0.2, -0.15) is 0 Å². The van der Waals surface area contributed by atoms with E-state index in [0.29, 0.717) is 42.9 Å². The van der Waals surface area contributed by atoms with Crippen molar-refractivity contribution in [3.05, 3.63) is 52.4 Å². The van der Waals surface area contributed by atoms with Crippen molar-refractivity contribution in [2.45, 2.75) is 0 Å². The molecule has 3 heterocycles. The molecular weight excluding hydrogens is 386 g/mol. The smallest absolute Gasteiger partial charge is 0.349 e. The summed E-state index contributed by atoms with van der Waals surface area (Å²) in [6, 6.07) is 10.7. The first-order chi connectivity index (χ1) is 14.5. The van der Waals surface area contributed by atoms with Crippen LogP contribution in [0.25, 0.3) is 11.0 Å². The van der Waals surface area contributed by atoms with Gasteiger partial charge in [0, 0.05) is 45.7 Å². The summed E-state index contributed by atoms with van der Waals surface area (Å²) >= 11 is 0. The lowest BCUT2D eigenvalue weighted by molar-refractivity contribution is 0.0742. The molecule has 4 rings (SSSR count). The zero-order valence-electron chi connectivity index (χ0n) is 17.2. The highest BCUT2D eigenvalue weighted by Crippen LogP contribution is 2.25. The molecule has 9 heteroatoms. The van der Waals surface area contributed by atoms with Gasteiger partial charge in [0.2, 0.25) is 0 Å². The van der Waals surface area contributed by atoms with E-state index in [1.165, 1.54) is 7.11 Å². The minimum absolute atomic E-state index is 0.0272. The van der Waals surface area contributed by atoms with Crippen LogP contribution in [-0.4, -0.2) is 68.4 Å². The molecule has 1 fully saturated rings. The van der Waals surface area contributed by atoms with Crippen molar-refractivity contribution in [2.75, 3.05) is 57.2 Å². The van der Waals surface area contributed by atoms with E-state index in [2.05, 4.69) is 15.1 Å². The second-order valence-corrected chi connectivity index (χ2v) is 7.25. The van der Waals surface area contributed by atoms with Crippen molar-refractivity contribution in [1.29, 1.82) is 0 Å². The zero-order chi connectivity index (χ0) is 21.3. The topological polar surface area (TPSA) is 92.0 Å². The van der Waals surface area contributed by atoms with Gasteiger partial charge in [0.05, 0.1) is 7.11 Å². The highest BCUT2D eigenvalue weighted by atomic mass is 16.5. The van der Waals surface area contributed by atoms with Crippen molar-refractivity contribution in [1.82, 2.24) is 15.1 Å². The number of amides is 1. The number of nitrogens with zero attached hydrogens (tertiary/aromatic N) is 5. The summed E-state index contributed by atoms with van der Waals surface area (Å²) in [6.45, 7) is 2.17. The average molecular weight is 409 g/mol. The van der Waals surface area contributed by atoms with Crippen LogP contribution < -0.4 is 20.2 Å². The van der Waals surface area contributed by atoms with Gasteiger partial charge in [-0.05, 0) is 24.3 Å². The molecule has 0 atom stereocenters. The Morgan fingerprint density at radius 3 is 2.50 bits per heavy atom. The number of methoxy groups -OCH3 is 1. The summed E-state index contributed by atoms with van der Waals surface area (Å²) in [5, 5.41) is 9.12. The molecule has 0 radical (unpaired) electrons. The fraction of sp³-hybridized carbons (Fsp3) is 0.333. The van der Waals surface area contributed by atoms with E-state index in [-0.39, 0.29) is 11.5 Å². The van der Waals surface area contributed by atoms with Gasteiger partial charge >= 0.3 is 5.63 Å². The van der Waals surface area contributed by atoms with Crippen LogP contribution >= 0.6 is 0 Å². The number of hydrogen-bond acceptors (Lipinski definition) is 8. The molecule has 0 saturated carbocycles. The Morgan fingerprint density at radius 1 is 1.10 bits per heavy atom. The quantitative estimate of drug-likeness (QED) is 0.601. The standard InChI is InChI=1S/C21H23N5O4/c1-24(2)17-7-8-18(23-22-17)25-9-11-26(12-10-25)20(27)15-13-14-5-4-6-16(29-3)19(14)30-21(15)28/h4-8,13H,9-12H2,1-3H3. The average Bonchev–Trinajstić information content (AvgIpc) is 2.78. The second-order valence-electron chi connectivity index (χ2n) is 7.25. The Morgan fingerprint density at radius 2 is 1.87 bits per heavy atom. The molecule has 156 valence electrons. The maximum Gasteiger partial charge on any atom is 0.349 e. The number of ether oxygens (including phenoxy) is 1. The molecule has 0 unspecified atom stereocenters. The first-order valence-corrected chi connectivity index (χ1v) is 9.64. The van der Waals surface area contributed by atoms with Crippen LogP contribution in [0, 0.1) is 0 Å². The molecule has 1 amide bonds. The van der Waals surface area contributed by atoms with E-state index >= 15 is 0 Å². The van der Waals surface area contributed by atoms with E-state index in [1.54, 1.807) is 29.2 Å². The van der Waals surface area contributed by atoms with Gasteiger partial charge in [0.1, 0.15) is 5.56 Å². The second kappa shape index (κ2) is 8.02. The van der Waals surface area contributed by atoms with Crippen LogP contribution in [0.2, 0.25) is 0 Å². The Kier molecular flexibility index (Phi) is 5.26. The monoisotopic (exact) mass is 409 g/mol. The van der Waals surface area contributed by atoms with Gasteiger partial charge < -0.3 is 23.9 Å². The number of fused-ring (bicyclic) bond motifs is 1.